The van der Waals surface area contributed by atoms with Crippen LogP contribution in [0.25, 0.3) is 0 Å². The normalized spacial score (nSPS) is 14.0. The number of unbranched alkanes of at least 4 members (excludes halogenated alkanes) is 44. The molecule has 0 rings (SSSR count). The van der Waals surface area contributed by atoms with Crippen molar-refractivity contribution in [2.45, 2.75) is 407 Å². The Morgan fingerprint density at radius 3 is 0.723 bits per heavy atom. The van der Waals surface area contributed by atoms with Gasteiger partial charge in [-0.15, -0.1) is 0 Å². The lowest BCUT2D eigenvalue weighted by molar-refractivity contribution is -0.161. The molecule has 5 atom stereocenters. The molecule has 2 unspecified atom stereocenters. The van der Waals surface area contributed by atoms with Gasteiger partial charge in [0, 0.05) is 25.7 Å². The van der Waals surface area contributed by atoms with Crippen LogP contribution in [0.5, 0.6) is 0 Å². The van der Waals surface area contributed by atoms with Crippen molar-refractivity contribution in [3.8, 4) is 0 Å². The first kappa shape index (κ1) is 92.1. The Morgan fingerprint density at radius 1 is 0.287 bits per heavy atom. The summed E-state index contributed by atoms with van der Waals surface area (Å²) in [4.78, 5) is 72.7. The van der Waals surface area contributed by atoms with Gasteiger partial charge >= 0.3 is 39.5 Å². The molecule has 0 saturated carbocycles. The van der Waals surface area contributed by atoms with Crippen molar-refractivity contribution in [2.24, 2.45) is 11.8 Å². The predicted octanol–water partition coefficient (Wildman–Crippen LogP) is 21.9. The molecule has 17 nitrogen and oxygen atoms in total. The lowest BCUT2D eigenvalue weighted by atomic mass is 10.0. The molecule has 0 aliphatic rings. The number of aliphatic hydroxyl groups is 1. The number of carbonyl (C=O) groups excluding carboxylic acids is 4. The van der Waals surface area contributed by atoms with Gasteiger partial charge < -0.3 is 33.8 Å². The summed E-state index contributed by atoms with van der Waals surface area (Å²) < 4.78 is 68.5. The van der Waals surface area contributed by atoms with Gasteiger partial charge in [-0.3, -0.25) is 37.3 Å². The molecular formula is C75H146O17P2. The number of ether oxygens (including phenoxy) is 4. The Morgan fingerprint density at radius 2 is 0.489 bits per heavy atom. The number of hydrogen-bond acceptors (Lipinski definition) is 15. The zero-order valence-electron chi connectivity index (χ0n) is 61.3. The van der Waals surface area contributed by atoms with Crippen LogP contribution in [0.1, 0.15) is 388 Å². The molecule has 0 spiro atoms. The second-order valence-electron chi connectivity index (χ2n) is 28.0. The van der Waals surface area contributed by atoms with Gasteiger partial charge in [-0.2, -0.15) is 0 Å². The molecule has 0 aromatic heterocycles. The van der Waals surface area contributed by atoms with E-state index in [2.05, 4.69) is 41.5 Å². The standard InChI is InChI=1S/C75H146O17P2/c1-7-9-11-13-15-17-19-21-22-23-24-25-27-31-36-40-48-54-60-74(79)91-70(63-85-72(77)57-51-45-38-34-32-28-29-33-37-43-49-55-67(3)4)65-89-93(81,82)87-61-69(76)62-88-94(83,84)90-66-71(64-86-73(78)58-52-46-42-41-44-50-56-68(5)6)92-75(80)59-53-47-39-35-30-26-20-18-16-14-12-10-8-2/h67-71,76H,7-66H2,1-6H3,(H,81,82)(H,83,84)/t69-,70-,71-/m1/s1. The third-order valence-corrected chi connectivity index (χ3v) is 19.4. The van der Waals surface area contributed by atoms with Crippen LogP contribution in [0.15, 0.2) is 0 Å². The highest BCUT2D eigenvalue weighted by Crippen LogP contribution is 2.45. The van der Waals surface area contributed by atoms with Crippen LogP contribution >= 0.6 is 15.6 Å². The van der Waals surface area contributed by atoms with Crippen molar-refractivity contribution in [1.29, 1.82) is 0 Å². The van der Waals surface area contributed by atoms with E-state index in [1.807, 2.05) is 0 Å². The van der Waals surface area contributed by atoms with Gasteiger partial charge in [-0.1, -0.05) is 337 Å². The summed E-state index contributed by atoms with van der Waals surface area (Å²) in [6.45, 7) is 9.52. The molecule has 0 heterocycles. The Kier molecular flexibility index (Phi) is 65.5. The summed E-state index contributed by atoms with van der Waals surface area (Å²) in [5.74, 6) is -0.667. The van der Waals surface area contributed by atoms with Crippen LogP contribution < -0.4 is 0 Å². The van der Waals surface area contributed by atoms with Crippen molar-refractivity contribution >= 4 is 39.5 Å². The number of phosphoric ester groups is 2. The highest BCUT2D eigenvalue weighted by molar-refractivity contribution is 7.47. The Bertz CT molecular complexity index is 1820. The van der Waals surface area contributed by atoms with Crippen molar-refractivity contribution < 1.29 is 80.2 Å². The first-order valence-electron chi connectivity index (χ1n) is 39.0. The minimum absolute atomic E-state index is 0.107. The molecular weight excluding hydrogens is 1230 g/mol. The van der Waals surface area contributed by atoms with Crippen LogP contribution in [0.3, 0.4) is 0 Å². The molecule has 0 aliphatic carbocycles. The molecule has 94 heavy (non-hydrogen) atoms. The summed E-state index contributed by atoms with van der Waals surface area (Å²) in [5, 5.41) is 10.6. The fraction of sp³-hybridized carbons (Fsp3) is 0.947. The average molecular weight is 1380 g/mol. The Balaban J connectivity index is 5.23. The fourth-order valence-corrected chi connectivity index (χ4v) is 13.1. The van der Waals surface area contributed by atoms with E-state index in [1.54, 1.807) is 0 Å². The van der Waals surface area contributed by atoms with E-state index >= 15 is 0 Å². The lowest BCUT2D eigenvalue weighted by Crippen LogP contribution is -2.30. The van der Waals surface area contributed by atoms with E-state index in [0.717, 1.165) is 102 Å². The zero-order chi connectivity index (χ0) is 69.3. The van der Waals surface area contributed by atoms with Crippen LogP contribution in [-0.2, 0) is 65.4 Å². The second kappa shape index (κ2) is 66.9. The number of esters is 4. The third-order valence-electron chi connectivity index (χ3n) is 17.5. The van der Waals surface area contributed by atoms with Crippen LogP contribution in [-0.4, -0.2) is 96.7 Å². The van der Waals surface area contributed by atoms with Gasteiger partial charge in [-0.05, 0) is 37.5 Å². The van der Waals surface area contributed by atoms with E-state index in [4.69, 9.17) is 37.0 Å². The summed E-state index contributed by atoms with van der Waals surface area (Å²) in [6.07, 6.45) is 54.2. The van der Waals surface area contributed by atoms with Crippen molar-refractivity contribution in [3.05, 3.63) is 0 Å². The van der Waals surface area contributed by atoms with Gasteiger partial charge in [0.25, 0.3) is 0 Å². The third kappa shape index (κ3) is 68.6. The lowest BCUT2D eigenvalue weighted by Gasteiger charge is -2.21. The molecule has 19 heteroatoms. The topological polar surface area (TPSA) is 237 Å². The predicted molar refractivity (Wildman–Crippen MR) is 381 cm³/mol. The molecule has 0 bridgehead atoms. The first-order valence-corrected chi connectivity index (χ1v) is 42.0. The molecule has 0 aromatic carbocycles. The van der Waals surface area contributed by atoms with Gasteiger partial charge in [0.15, 0.2) is 12.2 Å². The minimum Gasteiger partial charge on any atom is -0.462 e. The first-order chi connectivity index (χ1) is 45.4. The Hall–Kier alpha value is -1.94. The highest BCUT2D eigenvalue weighted by atomic mass is 31.2. The second-order valence-corrected chi connectivity index (χ2v) is 30.9. The van der Waals surface area contributed by atoms with Crippen LogP contribution in [0, 0.1) is 11.8 Å². The van der Waals surface area contributed by atoms with Crippen molar-refractivity contribution in [1.82, 2.24) is 0 Å². The molecule has 0 saturated heterocycles. The summed E-state index contributed by atoms with van der Waals surface area (Å²) in [5.41, 5.74) is 0. The fourth-order valence-electron chi connectivity index (χ4n) is 11.5. The van der Waals surface area contributed by atoms with Gasteiger partial charge in [0.05, 0.1) is 26.4 Å². The smallest absolute Gasteiger partial charge is 0.462 e. The molecule has 0 aromatic rings. The number of hydrogen-bond donors (Lipinski definition) is 3. The monoisotopic (exact) mass is 1380 g/mol. The molecule has 0 amide bonds. The van der Waals surface area contributed by atoms with Crippen LogP contribution in [0.2, 0.25) is 0 Å². The maximum atomic E-state index is 13.1. The summed E-state index contributed by atoms with van der Waals surface area (Å²) >= 11 is 0. The van der Waals surface area contributed by atoms with Gasteiger partial charge in [-0.25, -0.2) is 9.13 Å². The molecule has 3 N–H and O–H groups in total. The number of aliphatic hydroxyl groups excluding tert-OH is 1. The Labute approximate surface area is 575 Å². The SMILES string of the molecule is CCCCCCCCCCCCCCCCCCCCC(=O)O[C@H](COC(=O)CCCCCCCCCCCCCC(C)C)COP(=O)(O)OC[C@@H](O)COP(=O)(O)OC[C@@H](COC(=O)CCCCCCCCC(C)C)OC(=O)CCCCCCCCCCCCCCC. The molecule has 0 radical (unpaired) electrons. The molecule has 0 fully saturated rings. The van der Waals surface area contributed by atoms with Crippen LogP contribution in [0.4, 0.5) is 0 Å². The number of rotatable bonds is 74. The number of phosphoric acid groups is 2. The van der Waals surface area contributed by atoms with E-state index in [9.17, 15) is 43.2 Å². The van der Waals surface area contributed by atoms with E-state index < -0.39 is 97.5 Å². The van der Waals surface area contributed by atoms with Gasteiger partial charge in [0.1, 0.15) is 19.3 Å². The zero-order valence-corrected chi connectivity index (χ0v) is 63.1. The van der Waals surface area contributed by atoms with E-state index in [1.165, 1.54) is 199 Å². The van der Waals surface area contributed by atoms with Crippen molar-refractivity contribution in [2.75, 3.05) is 39.6 Å². The highest BCUT2D eigenvalue weighted by Gasteiger charge is 2.30. The van der Waals surface area contributed by atoms with E-state index in [0.29, 0.717) is 31.6 Å². The largest absolute Gasteiger partial charge is 0.472 e. The maximum absolute atomic E-state index is 13.1. The quantitative estimate of drug-likeness (QED) is 0.0222. The maximum Gasteiger partial charge on any atom is 0.472 e. The molecule has 558 valence electrons. The minimum atomic E-state index is -4.96. The summed E-state index contributed by atoms with van der Waals surface area (Å²) in [6, 6.07) is 0. The average Bonchev–Trinajstić information content (AvgIpc) is 1.81. The number of carbonyl (C=O) groups is 4. The van der Waals surface area contributed by atoms with Gasteiger partial charge in [0.2, 0.25) is 0 Å². The molecule has 0 aliphatic heterocycles. The summed E-state index contributed by atoms with van der Waals surface area (Å²) in [7, 11) is -9.91. The van der Waals surface area contributed by atoms with Crippen molar-refractivity contribution in [3.63, 3.8) is 0 Å². The van der Waals surface area contributed by atoms with E-state index in [-0.39, 0.29) is 25.7 Å².